The molecule has 1 aromatic carbocycles. The van der Waals surface area contributed by atoms with E-state index in [0.717, 1.165) is 24.8 Å². The summed E-state index contributed by atoms with van der Waals surface area (Å²) < 4.78 is 10.7. The summed E-state index contributed by atoms with van der Waals surface area (Å²) in [6.07, 6.45) is 7.01. The van der Waals surface area contributed by atoms with Gasteiger partial charge in [0.1, 0.15) is 17.1 Å². The number of nitrogens with zero attached hydrogens (tertiary/aromatic N) is 1. The highest BCUT2D eigenvalue weighted by Gasteiger charge is 2.50. The molecule has 0 spiro atoms. The molecular formula is C33H46N2O7. The number of piperidine rings is 1. The first kappa shape index (κ1) is 32.0. The summed E-state index contributed by atoms with van der Waals surface area (Å²) in [5.74, 6) is -1.09. The summed E-state index contributed by atoms with van der Waals surface area (Å²) in [6.45, 7) is 5.41. The van der Waals surface area contributed by atoms with Crippen LogP contribution >= 0.6 is 0 Å². The Morgan fingerprint density at radius 1 is 1.12 bits per heavy atom. The van der Waals surface area contributed by atoms with Gasteiger partial charge in [-0.3, -0.25) is 24.1 Å². The minimum absolute atomic E-state index is 0.0182. The highest BCUT2D eigenvalue weighted by Crippen LogP contribution is 2.35. The van der Waals surface area contributed by atoms with Crippen LogP contribution < -0.4 is 10.1 Å². The van der Waals surface area contributed by atoms with Gasteiger partial charge in [0.2, 0.25) is 5.91 Å². The van der Waals surface area contributed by atoms with E-state index in [1.807, 2.05) is 29.2 Å². The van der Waals surface area contributed by atoms with Crippen LogP contribution in [-0.2, 0) is 30.3 Å². The number of ketones is 3. The van der Waals surface area contributed by atoms with Gasteiger partial charge in [0.05, 0.1) is 32.4 Å². The van der Waals surface area contributed by atoms with Crippen molar-refractivity contribution >= 4 is 23.3 Å². The van der Waals surface area contributed by atoms with E-state index in [0.29, 0.717) is 44.7 Å². The van der Waals surface area contributed by atoms with E-state index in [9.17, 15) is 24.3 Å². The van der Waals surface area contributed by atoms with Gasteiger partial charge in [-0.1, -0.05) is 30.7 Å². The van der Waals surface area contributed by atoms with Crippen molar-refractivity contribution in [3.63, 3.8) is 0 Å². The van der Waals surface area contributed by atoms with Crippen molar-refractivity contribution in [1.29, 1.82) is 0 Å². The lowest BCUT2D eigenvalue weighted by Crippen LogP contribution is -2.46. The number of amides is 1. The van der Waals surface area contributed by atoms with Crippen LogP contribution in [0.5, 0.6) is 5.75 Å². The van der Waals surface area contributed by atoms with Gasteiger partial charge in [-0.25, -0.2) is 0 Å². The number of rotatable bonds is 16. The molecule has 1 aromatic rings. The molecule has 4 rings (SSSR count). The van der Waals surface area contributed by atoms with Crippen LogP contribution in [0.25, 0.3) is 0 Å². The van der Waals surface area contributed by atoms with Crippen molar-refractivity contribution in [2.45, 2.75) is 89.4 Å². The average Bonchev–Trinajstić information content (AvgIpc) is 3.51. The van der Waals surface area contributed by atoms with Crippen LogP contribution in [0.15, 0.2) is 35.9 Å². The van der Waals surface area contributed by atoms with E-state index in [4.69, 9.17) is 9.47 Å². The molecule has 1 amide bonds. The number of ether oxygens (including phenoxy) is 2. The maximum absolute atomic E-state index is 13.8. The Morgan fingerprint density at radius 3 is 2.40 bits per heavy atom. The molecular weight excluding hydrogens is 536 g/mol. The number of hydrogen-bond acceptors (Lipinski definition) is 8. The fourth-order valence-corrected chi connectivity index (χ4v) is 5.95. The number of aliphatic hydroxyl groups is 1. The van der Waals surface area contributed by atoms with E-state index >= 15 is 0 Å². The van der Waals surface area contributed by atoms with Gasteiger partial charge in [0.15, 0.2) is 11.6 Å². The number of carbonyl (C=O) groups is 4. The predicted octanol–water partition coefficient (Wildman–Crippen LogP) is 3.21. The summed E-state index contributed by atoms with van der Waals surface area (Å²) >= 11 is 0. The summed E-state index contributed by atoms with van der Waals surface area (Å²) in [4.78, 5) is 55.3. The van der Waals surface area contributed by atoms with E-state index < -0.39 is 23.5 Å². The summed E-state index contributed by atoms with van der Waals surface area (Å²) in [5.41, 5.74) is 1.22. The number of methoxy groups -OCH3 is 1. The van der Waals surface area contributed by atoms with E-state index in [2.05, 4.69) is 11.4 Å². The molecule has 1 aliphatic carbocycles. The summed E-state index contributed by atoms with van der Waals surface area (Å²) in [5, 5.41) is 12.6. The molecule has 0 radical (unpaired) electrons. The average molecular weight is 583 g/mol. The monoisotopic (exact) mass is 582 g/mol. The molecule has 4 unspecified atom stereocenters. The molecule has 2 aliphatic heterocycles. The second kappa shape index (κ2) is 14.5. The highest BCUT2D eigenvalue weighted by molar-refractivity contribution is 5.97. The maximum atomic E-state index is 13.8. The van der Waals surface area contributed by atoms with Crippen LogP contribution in [0.3, 0.4) is 0 Å². The van der Waals surface area contributed by atoms with E-state index in [1.165, 1.54) is 5.57 Å². The number of Topliss-reactive ketones (excluding diaryl/α,β-unsaturated/α-hetero) is 3. The number of aliphatic hydroxyl groups excluding tert-OH is 1. The Balaban J connectivity index is 1.43. The molecule has 2 N–H and O–H groups in total. The number of benzene rings is 1. The van der Waals surface area contributed by atoms with Gasteiger partial charge in [-0.15, -0.1) is 0 Å². The Labute approximate surface area is 249 Å². The van der Waals surface area contributed by atoms with Gasteiger partial charge < -0.3 is 19.9 Å². The molecule has 3 aliphatic rings. The predicted molar refractivity (Wildman–Crippen MR) is 158 cm³/mol. The van der Waals surface area contributed by atoms with Gasteiger partial charge in [-0.2, -0.15) is 0 Å². The van der Waals surface area contributed by atoms with Gasteiger partial charge in [0, 0.05) is 37.8 Å². The van der Waals surface area contributed by atoms with Crippen molar-refractivity contribution in [3.05, 3.63) is 41.5 Å². The maximum Gasteiger partial charge on any atom is 0.223 e. The number of likely N-dealkylation sites (tertiary alicyclic amines) is 1. The standard InChI is InChI=1S/C33H46N2O7/c1-22(16-27(37)20-35-14-12-26(36)13-15-35)32(40)34-29(18-24-8-10-28(41-3)11-9-24)30(38)19-25(17-23-6-4-5-7-23)31(39)33(2)21-42-33/h6,8-11,22,25-26,29,36H,4-5,7,12-21H2,1-3H3,(H,34,40). The van der Waals surface area contributed by atoms with Crippen molar-refractivity contribution in [3.8, 4) is 5.75 Å². The lowest BCUT2D eigenvalue weighted by atomic mass is 9.83. The number of allylic oxidation sites excluding steroid dienone is 2. The molecule has 4 atom stereocenters. The molecule has 0 saturated carbocycles. The molecule has 9 heteroatoms. The molecule has 0 bridgehead atoms. The molecule has 9 nitrogen and oxygen atoms in total. The Kier molecular flexibility index (Phi) is 11.1. The minimum atomic E-state index is -0.840. The van der Waals surface area contributed by atoms with Crippen LogP contribution in [0.1, 0.15) is 70.8 Å². The quantitative estimate of drug-likeness (QED) is 0.225. The number of hydrogen-bond donors (Lipinski definition) is 2. The highest BCUT2D eigenvalue weighted by atomic mass is 16.6. The smallest absolute Gasteiger partial charge is 0.223 e. The van der Waals surface area contributed by atoms with Crippen molar-refractivity contribution in [2.75, 3.05) is 33.4 Å². The van der Waals surface area contributed by atoms with Crippen LogP contribution in [0.2, 0.25) is 0 Å². The second-order valence-corrected chi connectivity index (χ2v) is 12.5. The first-order valence-corrected chi connectivity index (χ1v) is 15.3. The zero-order valence-corrected chi connectivity index (χ0v) is 25.2. The Hall–Kier alpha value is -2.88. The third kappa shape index (κ3) is 9.06. The van der Waals surface area contributed by atoms with Gasteiger partial charge >= 0.3 is 0 Å². The molecule has 2 fully saturated rings. The summed E-state index contributed by atoms with van der Waals surface area (Å²) in [6, 6.07) is 6.50. The number of carbonyl (C=O) groups excluding carboxylic acids is 4. The Morgan fingerprint density at radius 2 is 1.81 bits per heavy atom. The normalized spacial score (nSPS) is 23.0. The zero-order valence-electron chi connectivity index (χ0n) is 25.2. The molecule has 2 saturated heterocycles. The number of nitrogens with one attached hydrogen (secondary N) is 1. The molecule has 2 heterocycles. The first-order valence-electron chi connectivity index (χ1n) is 15.3. The van der Waals surface area contributed by atoms with Crippen molar-refractivity contribution in [2.24, 2.45) is 11.8 Å². The number of epoxide rings is 1. The van der Waals surface area contributed by atoms with E-state index in [1.54, 1.807) is 21.0 Å². The van der Waals surface area contributed by atoms with Crippen LogP contribution in [0, 0.1) is 11.8 Å². The fraction of sp³-hybridized carbons (Fsp3) is 0.636. The topological polar surface area (TPSA) is 126 Å². The third-order valence-corrected chi connectivity index (χ3v) is 8.80. The lowest BCUT2D eigenvalue weighted by molar-refractivity contribution is -0.134. The second-order valence-electron chi connectivity index (χ2n) is 12.5. The molecule has 42 heavy (non-hydrogen) atoms. The first-order chi connectivity index (χ1) is 20.1. The van der Waals surface area contributed by atoms with E-state index in [-0.39, 0.29) is 55.2 Å². The van der Waals surface area contributed by atoms with Crippen molar-refractivity contribution < 1.29 is 33.8 Å². The summed E-state index contributed by atoms with van der Waals surface area (Å²) in [7, 11) is 1.58. The molecule has 230 valence electrons. The van der Waals surface area contributed by atoms with Gasteiger partial charge in [0.25, 0.3) is 0 Å². The largest absolute Gasteiger partial charge is 0.497 e. The SMILES string of the molecule is COc1ccc(CC(NC(=O)C(C)CC(=O)CN2CCC(O)CC2)C(=O)CC(CC2=CCCC2)C(=O)C2(C)CO2)cc1. The van der Waals surface area contributed by atoms with Crippen LogP contribution in [0.4, 0.5) is 0 Å². The molecule has 0 aromatic heterocycles. The lowest BCUT2D eigenvalue weighted by Gasteiger charge is -2.29. The fourth-order valence-electron chi connectivity index (χ4n) is 5.95. The van der Waals surface area contributed by atoms with Crippen molar-refractivity contribution in [1.82, 2.24) is 10.2 Å². The van der Waals surface area contributed by atoms with Crippen LogP contribution in [-0.4, -0.2) is 84.4 Å². The Bertz CT molecular complexity index is 1150. The minimum Gasteiger partial charge on any atom is -0.497 e. The van der Waals surface area contributed by atoms with Gasteiger partial charge in [-0.05, 0) is 69.6 Å². The third-order valence-electron chi connectivity index (χ3n) is 8.80. The zero-order chi connectivity index (χ0) is 30.3.